The molecule has 0 saturated heterocycles. The average molecular weight is 152 g/mol. The Morgan fingerprint density at radius 1 is 1.45 bits per heavy atom. The summed E-state index contributed by atoms with van der Waals surface area (Å²) in [5, 5.41) is 3.00. The quantitative estimate of drug-likeness (QED) is 0.636. The molecule has 0 spiro atoms. The smallest absolute Gasteiger partial charge is 0.144 e. The number of rotatable bonds is 3. The summed E-state index contributed by atoms with van der Waals surface area (Å²) >= 11 is 0. The molecule has 1 aromatic rings. The van der Waals surface area contributed by atoms with E-state index < -0.39 is 0 Å². The molecule has 3 nitrogen and oxygen atoms in total. The predicted octanol–water partition coefficient (Wildman–Crippen LogP) is 1.02. The molecule has 0 aliphatic heterocycles. The normalized spacial score (nSPS) is 9.27. The summed E-state index contributed by atoms with van der Waals surface area (Å²) in [5.41, 5.74) is 6.19. The standard InChI is InChI=1S/C8H12N2O/c1-10-7-4-2-3-5-8(7)11-6-9/h2-5,10H,6,9H2,1H3. The van der Waals surface area contributed by atoms with Gasteiger partial charge in [-0.3, -0.25) is 5.73 Å². The molecule has 1 rings (SSSR count). The van der Waals surface area contributed by atoms with Gasteiger partial charge in [-0.2, -0.15) is 0 Å². The Hall–Kier alpha value is -1.22. The largest absolute Gasteiger partial charge is 0.476 e. The van der Waals surface area contributed by atoms with Gasteiger partial charge in [-0.15, -0.1) is 0 Å². The van der Waals surface area contributed by atoms with Gasteiger partial charge in [0.15, 0.2) is 0 Å². The van der Waals surface area contributed by atoms with Crippen LogP contribution in [-0.2, 0) is 0 Å². The van der Waals surface area contributed by atoms with E-state index in [1.807, 2.05) is 31.3 Å². The Morgan fingerprint density at radius 3 is 2.82 bits per heavy atom. The number of nitrogens with one attached hydrogen (secondary N) is 1. The molecule has 0 fully saturated rings. The fraction of sp³-hybridized carbons (Fsp3) is 0.250. The molecule has 0 aliphatic carbocycles. The summed E-state index contributed by atoms with van der Waals surface area (Å²) in [6.07, 6.45) is 0. The third-order valence-electron chi connectivity index (χ3n) is 1.40. The lowest BCUT2D eigenvalue weighted by Crippen LogP contribution is -2.08. The first-order chi connectivity index (χ1) is 5.38. The molecule has 60 valence electrons. The summed E-state index contributed by atoms with van der Waals surface area (Å²) in [7, 11) is 1.85. The molecule has 0 unspecified atom stereocenters. The molecule has 0 saturated carbocycles. The second-order valence-corrected chi connectivity index (χ2v) is 2.06. The fourth-order valence-corrected chi connectivity index (χ4v) is 0.889. The SMILES string of the molecule is CNc1ccccc1OCN. The van der Waals surface area contributed by atoms with Crippen molar-refractivity contribution in [3.63, 3.8) is 0 Å². The molecule has 3 heteroatoms. The first-order valence-corrected chi connectivity index (χ1v) is 3.48. The van der Waals surface area contributed by atoms with Gasteiger partial charge >= 0.3 is 0 Å². The van der Waals surface area contributed by atoms with Gasteiger partial charge in [-0.05, 0) is 12.1 Å². The van der Waals surface area contributed by atoms with E-state index in [0.717, 1.165) is 11.4 Å². The fourth-order valence-electron chi connectivity index (χ4n) is 0.889. The average Bonchev–Trinajstić information content (AvgIpc) is 2.06. The van der Waals surface area contributed by atoms with Crippen LogP contribution >= 0.6 is 0 Å². The highest BCUT2D eigenvalue weighted by Gasteiger charge is 1.97. The van der Waals surface area contributed by atoms with E-state index >= 15 is 0 Å². The zero-order valence-corrected chi connectivity index (χ0v) is 6.50. The summed E-state index contributed by atoms with van der Waals surface area (Å²) in [6.45, 7) is 0.207. The van der Waals surface area contributed by atoms with E-state index in [4.69, 9.17) is 10.5 Å². The third-order valence-corrected chi connectivity index (χ3v) is 1.40. The molecule has 0 radical (unpaired) electrons. The van der Waals surface area contributed by atoms with Gasteiger partial charge in [0.25, 0.3) is 0 Å². The van der Waals surface area contributed by atoms with Gasteiger partial charge in [0, 0.05) is 7.05 Å². The Labute approximate surface area is 66.2 Å². The van der Waals surface area contributed by atoms with Gasteiger partial charge in [0.1, 0.15) is 12.5 Å². The molecular formula is C8H12N2O. The van der Waals surface area contributed by atoms with Gasteiger partial charge < -0.3 is 10.1 Å². The highest BCUT2D eigenvalue weighted by molar-refractivity contribution is 5.55. The molecule has 0 heterocycles. The maximum absolute atomic E-state index is 5.23. The van der Waals surface area contributed by atoms with Gasteiger partial charge in [-0.1, -0.05) is 12.1 Å². The molecule has 0 aromatic heterocycles. The number of hydrogen-bond donors (Lipinski definition) is 2. The van der Waals surface area contributed by atoms with Crippen molar-refractivity contribution in [3.05, 3.63) is 24.3 Å². The Bertz CT molecular complexity index is 225. The van der Waals surface area contributed by atoms with Crippen molar-refractivity contribution in [1.29, 1.82) is 0 Å². The van der Waals surface area contributed by atoms with Crippen LogP contribution in [0.5, 0.6) is 5.75 Å². The number of nitrogens with two attached hydrogens (primary N) is 1. The lowest BCUT2D eigenvalue weighted by Gasteiger charge is -2.07. The van der Waals surface area contributed by atoms with Crippen molar-refractivity contribution in [3.8, 4) is 5.75 Å². The molecule has 0 atom stereocenters. The number of anilines is 1. The molecule has 11 heavy (non-hydrogen) atoms. The lowest BCUT2D eigenvalue weighted by atomic mass is 10.3. The molecule has 1 aromatic carbocycles. The van der Waals surface area contributed by atoms with Crippen LogP contribution in [0, 0.1) is 0 Å². The van der Waals surface area contributed by atoms with E-state index in [9.17, 15) is 0 Å². The van der Waals surface area contributed by atoms with Crippen LogP contribution in [0.25, 0.3) is 0 Å². The summed E-state index contributed by atoms with van der Waals surface area (Å²) < 4.78 is 5.14. The highest BCUT2D eigenvalue weighted by Crippen LogP contribution is 2.21. The number of benzene rings is 1. The minimum absolute atomic E-state index is 0.207. The minimum Gasteiger partial charge on any atom is -0.476 e. The van der Waals surface area contributed by atoms with Crippen molar-refractivity contribution in [2.24, 2.45) is 5.73 Å². The van der Waals surface area contributed by atoms with Crippen molar-refractivity contribution < 1.29 is 4.74 Å². The van der Waals surface area contributed by atoms with Crippen LogP contribution < -0.4 is 15.8 Å². The van der Waals surface area contributed by atoms with Crippen LogP contribution in [0.3, 0.4) is 0 Å². The van der Waals surface area contributed by atoms with Crippen molar-refractivity contribution in [2.45, 2.75) is 0 Å². The monoisotopic (exact) mass is 152 g/mol. The summed E-state index contributed by atoms with van der Waals surface area (Å²) in [4.78, 5) is 0. The van der Waals surface area contributed by atoms with Crippen LogP contribution in [0.1, 0.15) is 0 Å². The molecule has 0 amide bonds. The van der Waals surface area contributed by atoms with E-state index in [0.29, 0.717) is 0 Å². The van der Waals surface area contributed by atoms with E-state index in [-0.39, 0.29) is 6.73 Å². The first kappa shape index (κ1) is 7.88. The predicted molar refractivity (Wildman–Crippen MR) is 45.7 cm³/mol. The zero-order valence-electron chi connectivity index (χ0n) is 6.50. The van der Waals surface area contributed by atoms with Crippen LogP contribution in [0.2, 0.25) is 0 Å². The van der Waals surface area contributed by atoms with Crippen LogP contribution in [0.15, 0.2) is 24.3 Å². The minimum atomic E-state index is 0.207. The van der Waals surface area contributed by atoms with Crippen LogP contribution in [0.4, 0.5) is 5.69 Å². The van der Waals surface area contributed by atoms with E-state index in [1.165, 1.54) is 0 Å². The van der Waals surface area contributed by atoms with Crippen molar-refractivity contribution in [2.75, 3.05) is 19.1 Å². The topological polar surface area (TPSA) is 47.3 Å². The summed E-state index contributed by atoms with van der Waals surface area (Å²) in [5.74, 6) is 0.789. The third kappa shape index (κ3) is 1.85. The molecule has 0 bridgehead atoms. The number of para-hydroxylation sites is 2. The highest BCUT2D eigenvalue weighted by atomic mass is 16.5. The molecule has 3 N–H and O–H groups in total. The van der Waals surface area contributed by atoms with Crippen LogP contribution in [-0.4, -0.2) is 13.8 Å². The van der Waals surface area contributed by atoms with Crippen molar-refractivity contribution >= 4 is 5.69 Å². The maximum atomic E-state index is 5.23. The second kappa shape index (κ2) is 3.83. The molecular weight excluding hydrogens is 140 g/mol. The van der Waals surface area contributed by atoms with Gasteiger partial charge in [0.2, 0.25) is 0 Å². The van der Waals surface area contributed by atoms with E-state index in [2.05, 4.69) is 5.32 Å². The van der Waals surface area contributed by atoms with Gasteiger partial charge in [-0.25, -0.2) is 0 Å². The second-order valence-electron chi connectivity index (χ2n) is 2.06. The zero-order chi connectivity index (χ0) is 8.10. The van der Waals surface area contributed by atoms with E-state index in [1.54, 1.807) is 0 Å². The van der Waals surface area contributed by atoms with Gasteiger partial charge in [0.05, 0.1) is 5.69 Å². The van der Waals surface area contributed by atoms with Crippen molar-refractivity contribution in [1.82, 2.24) is 0 Å². The Morgan fingerprint density at radius 2 is 2.18 bits per heavy atom. The molecule has 0 aliphatic rings. The Kier molecular flexibility index (Phi) is 2.74. The first-order valence-electron chi connectivity index (χ1n) is 3.48. The Balaban J connectivity index is 2.83. The number of hydrogen-bond acceptors (Lipinski definition) is 3. The maximum Gasteiger partial charge on any atom is 0.144 e. The number of ether oxygens (including phenoxy) is 1. The summed E-state index contributed by atoms with van der Waals surface area (Å²) in [6, 6.07) is 7.66. The lowest BCUT2D eigenvalue weighted by molar-refractivity contribution is 0.331.